The van der Waals surface area contributed by atoms with Gasteiger partial charge in [0.25, 0.3) is 0 Å². The summed E-state index contributed by atoms with van der Waals surface area (Å²) in [5.74, 6) is -0.298. The second kappa shape index (κ2) is 4.96. The maximum Gasteiger partial charge on any atom is 0.241 e. The molecule has 0 saturated carbocycles. The van der Waals surface area contributed by atoms with E-state index in [2.05, 4.69) is 5.43 Å². The number of rotatable bonds is 2. The SMILES string of the molecule is Cc1ccc(N2NC(=O)CC2c2ccc(F)cc2)cc1. The standard InChI is InChI=1S/C16H15FN2O/c1-11-2-8-14(9-3-11)19-15(10-16(20)18-19)12-4-6-13(17)7-5-12/h2-9,15H,10H2,1H3,(H,18,20). The van der Waals surface area contributed by atoms with Crippen LogP contribution in [0.4, 0.5) is 10.1 Å². The van der Waals surface area contributed by atoms with Crippen LogP contribution < -0.4 is 10.4 Å². The van der Waals surface area contributed by atoms with E-state index in [0.29, 0.717) is 6.42 Å². The summed E-state index contributed by atoms with van der Waals surface area (Å²) < 4.78 is 13.0. The summed E-state index contributed by atoms with van der Waals surface area (Å²) >= 11 is 0. The Labute approximate surface area is 117 Å². The Balaban J connectivity index is 1.94. The van der Waals surface area contributed by atoms with E-state index in [-0.39, 0.29) is 17.8 Å². The van der Waals surface area contributed by atoms with Crippen molar-refractivity contribution in [3.8, 4) is 0 Å². The number of aryl methyl sites for hydroxylation is 1. The van der Waals surface area contributed by atoms with Crippen LogP contribution in [0.5, 0.6) is 0 Å². The highest BCUT2D eigenvalue weighted by atomic mass is 19.1. The molecule has 1 aliphatic rings. The lowest BCUT2D eigenvalue weighted by Crippen LogP contribution is -2.34. The second-order valence-corrected chi connectivity index (χ2v) is 5.01. The molecule has 1 amide bonds. The molecular formula is C16H15FN2O. The van der Waals surface area contributed by atoms with E-state index in [1.54, 1.807) is 12.1 Å². The highest BCUT2D eigenvalue weighted by molar-refractivity contribution is 5.83. The summed E-state index contributed by atoms with van der Waals surface area (Å²) in [5.41, 5.74) is 5.87. The van der Waals surface area contributed by atoms with Gasteiger partial charge in [0.2, 0.25) is 5.91 Å². The molecule has 0 bridgehead atoms. The monoisotopic (exact) mass is 270 g/mol. The molecule has 1 atom stereocenters. The van der Waals surface area contributed by atoms with Gasteiger partial charge in [-0.05, 0) is 36.8 Å². The number of carbonyl (C=O) groups excluding carboxylic acids is 1. The van der Waals surface area contributed by atoms with Gasteiger partial charge in [0.1, 0.15) is 5.82 Å². The molecule has 20 heavy (non-hydrogen) atoms. The van der Waals surface area contributed by atoms with E-state index < -0.39 is 0 Å². The highest BCUT2D eigenvalue weighted by Crippen LogP contribution is 2.32. The van der Waals surface area contributed by atoms with E-state index in [1.165, 1.54) is 12.1 Å². The van der Waals surface area contributed by atoms with Gasteiger partial charge in [0.05, 0.1) is 18.2 Å². The average Bonchev–Trinajstić information content (AvgIpc) is 2.82. The Morgan fingerprint density at radius 2 is 1.75 bits per heavy atom. The normalized spacial score (nSPS) is 18.2. The lowest BCUT2D eigenvalue weighted by atomic mass is 10.0. The Morgan fingerprint density at radius 3 is 2.40 bits per heavy atom. The first kappa shape index (κ1) is 12.7. The van der Waals surface area contributed by atoms with Gasteiger partial charge in [-0.1, -0.05) is 29.8 Å². The number of carbonyl (C=O) groups is 1. The maximum atomic E-state index is 13.0. The maximum absolute atomic E-state index is 13.0. The van der Waals surface area contributed by atoms with Gasteiger partial charge in [-0.25, -0.2) is 4.39 Å². The fraction of sp³-hybridized carbons (Fsp3) is 0.188. The van der Waals surface area contributed by atoms with Crippen LogP contribution in [0.1, 0.15) is 23.6 Å². The lowest BCUT2D eigenvalue weighted by Gasteiger charge is -2.25. The van der Waals surface area contributed by atoms with Crippen LogP contribution in [0.2, 0.25) is 0 Å². The van der Waals surface area contributed by atoms with Crippen molar-refractivity contribution in [1.29, 1.82) is 0 Å². The Hall–Kier alpha value is -2.36. The second-order valence-electron chi connectivity index (χ2n) is 5.01. The zero-order valence-corrected chi connectivity index (χ0v) is 11.1. The van der Waals surface area contributed by atoms with Gasteiger partial charge in [-0.2, -0.15) is 0 Å². The van der Waals surface area contributed by atoms with Crippen LogP contribution >= 0.6 is 0 Å². The quantitative estimate of drug-likeness (QED) is 0.909. The molecule has 1 aliphatic heterocycles. The first-order valence-corrected chi connectivity index (χ1v) is 6.54. The van der Waals surface area contributed by atoms with E-state index in [0.717, 1.165) is 16.8 Å². The predicted molar refractivity (Wildman–Crippen MR) is 75.6 cm³/mol. The summed E-state index contributed by atoms with van der Waals surface area (Å²) in [4.78, 5) is 11.7. The molecule has 0 spiro atoms. The molecule has 4 heteroatoms. The third kappa shape index (κ3) is 2.37. The van der Waals surface area contributed by atoms with Crippen molar-refractivity contribution in [3.63, 3.8) is 0 Å². The van der Waals surface area contributed by atoms with Crippen molar-refractivity contribution in [2.45, 2.75) is 19.4 Å². The number of nitrogens with one attached hydrogen (secondary N) is 1. The summed E-state index contributed by atoms with van der Waals surface area (Å²) in [6, 6.07) is 14.1. The minimum Gasteiger partial charge on any atom is -0.278 e. The minimum atomic E-state index is -0.270. The average molecular weight is 270 g/mol. The zero-order valence-electron chi connectivity index (χ0n) is 11.1. The summed E-state index contributed by atoms with van der Waals surface area (Å²) in [6.07, 6.45) is 0.375. The number of anilines is 1. The van der Waals surface area contributed by atoms with Crippen LogP contribution in [0.3, 0.4) is 0 Å². The Morgan fingerprint density at radius 1 is 1.10 bits per heavy atom. The first-order valence-electron chi connectivity index (χ1n) is 6.54. The van der Waals surface area contributed by atoms with E-state index in [4.69, 9.17) is 0 Å². The van der Waals surface area contributed by atoms with Gasteiger partial charge in [0, 0.05) is 0 Å². The molecule has 1 fully saturated rings. The third-order valence-electron chi connectivity index (χ3n) is 3.50. The molecule has 1 heterocycles. The number of hydrogen-bond acceptors (Lipinski definition) is 2. The van der Waals surface area contributed by atoms with Crippen LogP contribution in [0, 0.1) is 12.7 Å². The predicted octanol–water partition coefficient (Wildman–Crippen LogP) is 3.12. The van der Waals surface area contributed by atoms with Crippen molar-refractivity contribution in [1.82, 2.24) is 5.43 Å². The fourth-order valence-electron chi connectivity index (χ4n) is 2.43. The number of nitrogens with zero attached hydrogens (tertiary/aromatic N) is 1. The molecule has 0 aromatic heterocycles. The molecule has 1 unspecified atom stereocenters. The fourth-order valence-corrected chi connectivity index (χ4v) is 2.43. The van der Waals surface area contributed by atoms with Crippen molar-refractivity contribution in [2.24, 2.45) is 0 Å². The third-order valence-corrected chi connectivity index (χ3v) is 3.50. The molecule has 2 aromatic carbocycles. The van der Waals surface area contributed by atoms with Crippen molar-refractivity contribution in [3.05, 3.63) is 65.5 Å². The highest BCUT2D eigenvalue weighted by Gasteiger charge is 2.31. The topological polar surface area (TPSA) is 32.3 Å². The molecule has 1 N–H and O–H groups in total. The summed E-state index contributed by atoms with van der Waals surface area (Å²) in [7, 11) is 0. The number of amides is 1. The van der Waals surface area contributed by atoms with E-state index in [9.17, 15) is 9.18 Å². The number of hydrazine groups is 1. The van der Waals surface area contributed by atoms with Crippen LogP contribution in [-0.2, 0) is 4.79 Å². The summed E-state index contributed by atoms with van der Waals surface area (Å²) in [5, 5.41) is 1.84. The van der Waals surface area contributed by atoms with Crippen LogP contribution in [-0.4, -0.2) is 5.91 Å². The molecule has 1 saturated heterocycles. The molecule has 102 valence electrons. The lowest BCUT2D eigenvalue weighted by molar-refractivity contribution is -0.119. The molecule has 0 radical (unpaired) electrons. The van der Waals surface area contributed by atoms with Gasteiger partial charge in [-0.15, -0.1) is 0 Å². The zero-order chi connectivity index (χ0) is 14.1. The molecule has 0 aliphatic carbocycles. The van der Waals surface area contributed by atoms with Gasteiger partial charge in [0.15, 0.2) is 0 Å². The Bertz CT molecular complexity index is 566. The van der Waals surface area contributed by atoms with Crippen molar-refractivity contribution in [2.75, 3.05) is 5.01 Å². The number of halogens is 1. The molecule has 3 rings (SSSR count). The van der Waals surface area contributed by atoms with E-state index in [1.807, 2.05) is 36.2 Å². The number of hydrogen-bond donors (Lipinski definition) is 1. The van der Waals surface area contributed by atoms with Crippen LogP contribution in [0.25, 0.3) is 0 Å². The van der Waals surface area contributed by atoms with Crippen molar-refractivity contribution < 1.29 is 9.18 Å². The molecule has 3 nitrogen and oxygen atoms in total. The van der Waals surface area contributed by atoms with Gasteiger partial charge in [-0.3, -0.25) is 15.2 Å². The van der Waals surface area contributed by atoms with Crippen LogP contribution in [0.15, 0.2) is 48.5 Å². The van der Waals surface area contributed by atoms with Crippen molar-refractivity contribution >= 4 is 11.6 Å². The molecule has 2 aromatic rings. The smallest absolute Gasteiger partial charge is 0.241 e. The summed E-state index contributed by atoms with van der Waals surface area (Å²) in [6.45, 7) is 2.02. The number of benzene rings is 2. The largest absolute Gasteiger partial charge is 0.278 e. The van der Waals surface area contributed by atoms with Gasteiger partial charge >= 0.3 is 0 Å². The first-order chi connectivity index (χ1) is 9.63. The van der Waals surface area contributed by atoms with Gasteiger partial charge < -0.3 is 0 Å². The molecular weight excluding hydrogens is 255 g/mol. The van der Waals surface area contributed by atoms with E-state index >= 15 is 0 Å². The Kier molecular flexibility index (Phi) is 3.14. The minimum absolute atomic E-state index is 0.0279.